The Morgan fingerprint density at radius 3 is 2.44 bits per heavy atom. The molecule has 0 N–H and O–H groups in total. The van der Waals surface area contributed by atoms with Gasteiger partial charge in [-0.3, -0.25) is 0 Å². The van der Waals surface area contributed by atoms with Gasteiger partial charge in [-0.2, -0.15) is 5.26 Å². The van der Waals surface area contributed by atoms with Crippen molar-refractivity contribution in [3.8, 4) is 6.07 Å². The summed E-state index contributed by atoms with van der Waals surface area (Å²) in [5.41, 5.74) is 0.0103. The first-order valence-corrected chi connectivity index (χ1v) is 6.35. The number of nitriles is 1. The van der Waals surface area contributed by atoms with Crippen LogP contribution in [-0.4, -0.2) is 12.2 Å². The number of nitrogens with zero attached hydrogens (tertiary/aromatic N) is 1. The van der Waals surface area contributed by atoms with Crippen LogP contribution >= 0.6 is 0 Å². The maximum absolute atomic E-state index is 8.77. The van der Waals surface area contributed by atoms with Crippen LogP contribution in [0.1, 0.15) is 52.9 Å². The molecule has 92 valence electrons. The van der Waals surface area contributed by atoms with Crippen molar-refractivity contribution in [2.24, 2.45) is 5.92 Å². The Morgan fingerprint density at radius 2 is 2.00 bits per heavy atom. The zero-order valence-corrected chi connectivity index (χ0v) is 11.0. The third-order valence-electron chi connectivity index (χ3n) is 3.00. The lowest BCUT2D eigenvalue weighted by molar-refractivity contribution is -0.0588. The Balaban J connectivity index is 0.00000106. The van der Waals surface area contributed by atoms with Gasteiger partial charge in [-0.05, 0) is 39.0 Å². The van der Waals surface area contributed by atoms with Crippen LogP contribution in [0.4, 0.5) is 0 Å². The third kappa shape index (κ3) is 5.32. The quantitative estimate of drug-likeness (QED) is 0.531. The van der Waals surface area contributed by atoms with E-state index in [4.69, 9.17) is 10.00 Å². The highest BCUT2D eigenvalue weighted by molar-refractivity contribution is 4.92. The van der Waals surface area contributed by atoms with Gasteiger partial charge in [0.05, 0.1) is 18.3 Å². The predicted molar refractivity (Wildman–Crippen MR) is 68.1 cm³/mol. The Labute approximate surface area is 100 Å². The zero-order valence-electron chi connectivity index (χ0n) is 11.0. The second kappa shape index (κ2) is 8.35. The molecule has 0 radical (unpaired) electrons. The van der Waals surface area contributed by atoms with Crippen molar-refractivity contribution in [1.82, 2.24) is 0 Å². The molecule has 1 aliphatic carbocycles. The average molecular weight is 223 g/mol. The number of hydrogen-bond donors (Lipinski definition) is 0. The molecule has 1 saturated carbocycles. The normalized spacial score (nSPS) is 28.5. The minimum atomic E-state index is 0.0103. The molecule has 2 heteroatoms. The fraction of sp³-hybridized carbons (Fsp3) is 0.786. The van der Waals surface area contributed by atoms with Crippen molar-refractivity contribution < 1.29 is 4.74 Å². The van der Waals surface area contributed by atoms with Gasteiger partial charge in [-0.25, -0.2) is 0 Å². The van der Waals surface area contributed by atoms with Crippen LogP contribution in [0, 0.1) is 17.2 Å². The molecule has 1 rings (SSSR count). The first-order chi connectivity index (χ1) is 7.70. The molecule has 0 aromatic heterocycles. The molecular weight excluding hydrogens is 198 g/mol. The first kappa shape index (κ1) is 15.2. The number of rotatable bonds is 4. The van der Waals surface area contributed by atoms with Gasteiger partial charge in [0.15, 0.2) is 0 Å². The summed E-state index contributed by atoms with van der Waals surface area (Å²) in [4.78, 5) is 0. The molecule has 0 spiro atoms. The van der Waals surface area contributed by atoms with Gasteiger partial charge in [0.2, 0.25) is 0 Å². The van der Waals surface area contributed by atoms with Crippen LogP contribution in [0.5, 0.6) is 0 Å². The minimum absolute atomic E-state index is 0.0103. The summed E-state index contributed by atoms with van der Waals surface area (Å²) in [5.74, 6) is 0.256. The topological polar surface area (TPSA) is 33.0 Å². The highest BCUT2D eigenvalue weighted by atomic mass is 16.5. The molecule has 0 heterocycles. The van der Waals surface area contributed by atoms with Crippen molar-refractivity contribution >= 4 is 0 Å². The average Bonchev–Trinajstić information content (AvgIpc) is 2.33. The maximum Gasteiger partial charge on any atom is 0.0655 e. The van der Waals surface area contributed by atoms with Crippen LogP contribution in [0.2, 0.25) is 0 Å². The van der Waals surface area contributed by atoms with Crippen molar-refractivity contribution in [2.45, 2.75) is 58.5 Å². The lowest BCUT2D eigenvalue weighted by Crippen LogP contribution is -2.34. The van der Waals surface area contributed by atoms with Crippen molar-refractivity contribution in [3.05, 3.63) is 12.7 Å². The molecule has 0 bridgehead atoms. The molecule has 16 heavy (non-hydrogen) atoms. The Kier molecular flexibility index (Phi) is 7.93. The van der Waals surface area contributed by atoms with E-state index in [9.17, 15) is 0 Å². The fourth-order valence-corrected chi connectivity index (χ4v) is 1.89. The van der Waals surface area contributed by atoms with Gasteiger partial charge < -0.3 is 4.74 Å². The second-order valence-electron chi connectivity index (χ2n) is 4.28. The van der Waals surface area contributed by atoms with Crippen LogP contribution < -0.4 is 0 Å². The largest absolute Gasteiger partial charge is 0.375 e. The Morgan fingerprint density at radius 1 is 1.44 bits per heavy atom. The van der Waals surface area contributed by atoms with Crippen molar-refractivity contribution in [1.29, 1.82) is 5.26 Å². The molecule has 0 amide bonds. The van der Waals surface area contributed by atoms with Crippen LogP contribution in [-0.2, 0) is 4.74 Å². The molecule has 0 aromatic rings. The summed E-state index contributed by atoms with van der Waals surface area (Å²) >= 11 is 0. The SMILES string of the molecule is C=CCCOC1(C)CCC(C#N)CC1.CC. The van der Waals surface area contributed by atoms with E-state index in [0.717, 1.165) is 38.7 Å². The van der Waals surface area contributed by atoms with E-state index in [0.29, 0.717) is 0 Å². The molecule has 2 nitrogen and oxygen atoms in total. The zero-order chi connectivity index (χ0) is 12.4. The van der Waals surface area contributed by atoms with Gasteiger partial charge >= 0.3 is 0 Å². The second-order valence-corrected chi connectivity index (χ2v) is 4.28. The first-order valence-electron chi connectivity index (χ1n) is 6.35. The van der Waals surface area contributed by atoms with Gasteiger partial charge in [0, 0.05) is 5.92 Å². The number of hydrogen-bond acceptors (Lipinski definition) is 2. The van der Waals surface area contributed by atoms with Crippen LogP contribution in [0.3, 0.4) is 0 Å². The van der Waals surface area contributed by atoms with Crippen molar-refractivity contribution in [3.63, 3.8) is 0 Å². The van der Waals surface area contributed by atoms with Crippen LogP contribution in [0.15, 0.2) is 12.7 Å². The van der Waals surface area contributed by atoms with Gasteiger partial charge in [0.25, 0.3) is 0 Å². The molecule has 0 unspecified atom stereocenters. The molecule has 1 fully saturated rings. The summed E-state index contributed by atoms with van der Waals surface area (Å²) in [6, 6.07) is 2.34. The Bertz CT molecular complexity index is 221. The highest BCUT2D eigenvalue weighted by Crippen LogP contribution is 2.34. The fourth-order valence-electron chi connectivity index (χ4n) is 1.89. The molecule has 0 atom stereocenters. The predicted octanol–water partition coefficient (Wildman–Crippen LogP) is 4.08. The van der Waals surface area contributed by atoms with E-state index in [1.807, 2.05) is 19.9 Å². The maximum atomic E-state index is 8.77. The smallest absolute Gasteiger partial charge is 0.0655 e. The molecular formula is C14H25NO. The summed E-state index contributed by atoms with van der Waals surface area (Å²) in [7, 11) is 0. The van der Waals surface area contributed by atoms with E-state index in [1.54, 1.807) is 0 Å². The molecule has 0 aliphatic heterocycles. The van der Waals surface area contributed by atoms with Crippen molar-refractivity contribution in [2.75, 3.05) is 6.61 Å². The summed E-state index contributed by atoms with van der Waals surface area (Å²) in [6.45, 7) is 10.6. The van der Waals surface area contributed by atoms with Crippen LogP contribution in [0.25, 0.3) is 0 Å². The van der Waals surface area contributed by atoms with E-state index < -0.39 is 0 Å². The monoisotopic (exact) mass is 223 g/mol. The third-order valence-corrected chi connectivity index (χ3v) is 3.00. The summed E-state index contributed by atoms with van der Waals surface area (Å²) in [5, 5.41) is 8.77. The number of ether oxygens (including phenoxy) is 1. The van der Waals surface area contributed by atoms with E-state index in [-0.39, 0.29) is 11.5 Å². The van der Waals surface area contributed by atoms with Gasteiger partial charge in [0.1, 0.15) is 0 Å². The van der Waals surface area contributed by atoms with E-state index >= 15 is 0 Å². The minimum Gasteiger partial charge on any atom is -0.375 e. The standard InChI is InChI=1S/C12H19NO.C2H6/c1-3-4-9-14-12(2)7-5-11(10-13)6-8-12;1-2/h3,11H,1,4-9H2,2H3;1-2H3. The summed E-state index contributed by atoms with van der Waals surface area (Å²) < 4.78 is 5.82. The molecule has 1 aliphatic rings. The lowest BCUT2D eigenvalue weighted by atomic mass is 9.80. The van der Waals surface area contributed by atoms with E-state index in [1.165, 1.54) is 0 Å². The molecule has 0 saturated heterocycles. The molecule has 0 aromatic carbocycles. The van der Waals surface area contributed by atoms with E-state index in [2.05, 4.69) is 19.6 Å². The van der Waals surface area contributed by atoms with Gasteiger partial charge in [-0.15, -0.1) is 6.58 Å². The Hall–Kier alpha value is -0.810. The highest BCUT2D eigenvalue weighted by Gasteiger charge is 2.31. The lowest BCUT2D eigenvalue weighted by Gasteiger charge is -2.35. The van der Waals surface area contributed by atoms with Gasteiger partial charge in [-0.1, -0.05) is 19.9 Å². The summed E-state index contributed by atoms with van der Waals surface area (Å²) in [6.07, 6.45) is 6.80.